The van der Waals surface area contributed by atoms with Gasteiger partial charge in [-0.25, -0.2) is 9.37 Å². The molecule has 0 atom stereocenters. The molecule has 0 saturated heterocycles. The number of aryl methyl sites for hydroxylation is 1. The molecule has 0 fully saturated rings. The van der Waals surface area contributed by atoms with E-state index in [9.17, 15) is 9.18 Å². The van der Waals surface area contributed by atoms with Crippen molar-refractivity contribution in [1.82, 2.24) is 4.98 Å². The average Bonchev–Trinajstić information content (AvgIpc) is 2.93. The summed E-state index contributed by atoms with van der Waals surface area (Å²) in [6.07, 6.45) is 0. The summed E-state index contributed by atoms with van der Waals surface area (Å²) < 4.78 is 20.1. The van der Waals surface area contributed by atoms with Gasteiger partial charge in [-0.1, -0.05) is 18.2 Å². The number of nitrogens with zero attached hydrogens (tertiary/aromatic N) is 1. The van der Waals surface area contributed by atoms with E-state index in [1.165, 1.54) is 23.5 Å². The summed E-state index contributed by atoms with van der Waals surface area (Å²) in [6, 6.07) is 12.4. The van der Waals surface area contributed by atoms with E-state index >= 15 is 0 Å². The zero-order valence-electron chi connectivity index (χ0n) is 12.5. The lowest BCUT2D eigenvalue weighted by Crippen LogP contribution is -2.19. The van der Waals surface area contributed by atoms with Gasteiger partial charge in [0, 0.05) is 0 Å². The summed E-state index contributed by atoms with van der Waals surface area (Å²) in [5.41, 5.74) is 1.87. The molecule has 0 aliphatic carbocycles. The summed E-state index contributed by atoms with van der Waals surface area (Å²) in [5.74, 6) is -0.849. The quantitative estimate of drug-likeness (QED) is 0.772. The molecular formula is C17H15FN2O2S. The summed E-state index contributed by atoms with van der Waals surface area (Å²) in [7, 11) is 0. The topological polar surface area (TPSA) is 51.2 Å². The molecule has 1 N–H and O–H groups in total. The second-order valence-corrected chi connectivity index (χ2v) is 6.21. The molecule has 23 heavy (non-hydrogen) atoms. The van der Waals surface area contributed by atoms with Crippen molar-refractivity contribution in [1.29, 1.82) is 0 Å². The number of aromatic nitrogens is 1. The van der Waals surface area contributed by atoms with Crippen molar-refractivity contribution in [2.75, 3.05) is 11.9 Å². The number of hydrogen-bond acceptors (Lipinski definition) is 4. The molecule has 0 aliphatic rings. The number of amides is 1. The molecule has 0 aliphatic heterocycles. The van der Waals surface area contributed by atoms with E-state index in [0.717, 1.165) is 20.8 Å². The van der Waals surface area contributed by atoms with E-state index in [4.69, 9.17) is 4.74 Å². The second-order valence-electron chi connectivity index (χ2n) is 5.10. The average molecular weight is 330 g/mol. The van der Waals surface area contributed by atoms with Crippen LogP contribution in [0.4, 0.5) is 10.1 Å². The Labute approximate surface area is 136 Å². The van der Waals surface area contributed by atoms with Crippen molar-refractivity contribution in [2.45, 2.75) is 13.5 Å². The Kier molecular flexibility index (Phi) is 4.64. The molecule has 3 aromatic rings. The number of anilines is 1. The molecule has 4 nitrogen and oxygen atoms in total. The second kappa shape index (κ2) is 6.85. The Morgan fingerprint density at radius 1 is 1.30 bits per heavy atom. The molecular weight excluding hydrogens is 315 g/mol. The number of fused-ring (bicyclic) bond motifs is 1. The number of halogens is 1. The zero-order chi connectivity index (χ0) is 16.2. The number of benzene rings is 2. The van der Waals surface area contributed by atoms with Crippen LogP contribution in [0.2, 0.25) is 0 Å². The van der Waals surface area contributed by atoms with Crippen LogP contribution in [-0.2, 0) is 16.1 Å². The molecule has 2 aromatic carbocycles. The Bertz CT molecular complexity index is 814. The van der Waals surface area contributed by atoms with Gasteiger partial charge in [0.2, 0.25) is 5.91 Å². The van der Waals surface area contributed by atoms with Gasteiger partial charge in [-0.3, -0.25) is 4.79 Å². The molecule has 0 radical (unpaired) electrons. The normalized spacial score (nSPS) is 10.9. The van der Waals surface area contributed by atoms with E-state index in [1.807, 2.05) is 24.3 Å². The first-order chi connectivity index (χ1) is 11.1. The number of nitrogens with one attached hydrogen (secondary N) is 1. The molecule has 0 unspecified atom stereocenters. The Hall–Kier alpha value is -2.31. The zero-order valence-corrected chi connectivity index (χ0v) is 13.3. The molecule has 1 heterocycles. The van der Waals surface area contributed by atoms with Crippen molar-refractivity contribution in [2.24, 2.45) is 0 Å². The standard InChI is InChI=1S/C17H15FN2O2S/c1-11-6-7-13(12(18)8-11)19-16(21)9-22-10-17-20-14-4-2-3-5-15(14)23-17/h2-8H,9-10H2,1H3,(H,19,21). The number of carbonyl (C=O) groups is 1. The van der Waals surface area contributed by atoms with E-state index in [-0.39, 0.29) is 18.9 Å². The Morgan fingerprint density at radius 3 is 2.91 bits per heavy atom. The van der Waals surface area contributed by atoms with Crippen molar-refractivity contribution in [3.8, 4) is 0 Å². The summed E-state index contributed by atoms with van der Waals surface area (Å²) in [5, 5.41) is 3.30. The summed E-state index contributed by atoms with van der Waals surface area (Å²) >= 11 is 1.53. The van der Waals surface area contributed by atoms with Crippen LogP contribution in [0.5, 0.6) is 0 Å². The van der Waals surface area contributed by atoms with Gasteiger partial charge in [-0.05, 0) is 36.8 Å². The van der Waals surface area contributed by atoms with Crippen molar-refractivity contribution < 1.29 is 13.9 Å². The Balaban J connectivity index is 1.52. The maximum absolute atomic E-state index is 13.7. The predicted octanol–water partition coefficient (Wildman–Crippen LogP) is 3.90. The molecule has 6 heteroatoms. The van der Waals surface area contributed by atoms with Crippen LogP contribution in [0.1, 0.15) is 10.6 Å². The van der Waals surface area contributed by atoms with Crippen LogP contribution < -0.4 is 5.32 Å². The number of thiazole rings is 1. The summed E-state index contributed by atoms with van der Waals surface area (Å²) in [4.78, 5) is 16.2. The fourth-order valence-electron chi connectivity index (χ4n) is 2.12. The number of rotatable bonds is 5. The van der Waals surface area contributed by atoms with E-state index < -0.39 is 11.7 Å². The predicted molar refractivity (Wildman–Crippen MR) is 89.0 cm³/mol. The lowest BCUT2D eigenvalue weighted by Gasteiger charge is -2.07. The number of ether oxygens (including phenoxy) is 1. The van der Waals surface area contributed by atoms with Crippen LogP contribution in [0.25, 0.3) is 10.2 Å². The highest BCUT2D eigenvalue weighted by Crippen LogP contribution is 2.22. The maximum Gasteiger partial charge on any atom is 0.250 e. The van der Waals surface area contributed by atoms with E-state index in [2.05, 4.69) is 10.3 Å². The lowest BCUT2D eigenvalue weighted by atomic mass is 10.2. The van der Waals surface area contributed by atoms with Crippen molar-refractivity contribution >= 4 is 33.1 Å². The van der Waals surface area contributed by atoms with Crippen LogP contribution in [0.3, 0.4) is 0 Å². The number of carbonyl (C=O) groups excluding carboxylic acids is 1. The molecule has 0 bridgehead atoms. The van der Waals surface area contributed by atoms with Gasteiger partial charge in [0.1, 0.15) is 17.4 Å². The largest absolute Gasteiger partial charge is 0.364 e. The fourth-order valence-corrected chi connectivity index (χ4v) is 3.03. The van der Waals surface area contributed by atoms with Crippen LogP contribution >= 0.6 is 11.3 Å². The van der Waals surface area contributed by atoms with Crippen LogP contribution in [-0.4, -0.2) is 17.5 Å². The minimum absolute atomic E-state index is 0.150. The fraction of sp³-hybridized carbons (Fsp3) is 0.176. The van der Waals surface area contributed by atoms with Gasteiger partial charge >= 0.3 is 0 Å². The molecule has 1 aromatic heterocycles. The van der Waals surface area contributed by atoms with E-state index in [0.29, 0.717) is 0 Å². The number of hydrogen-bond donors (Lipinski definition) is 1. The summed E-state index contributed by atoms with van der Waals surface area (Å²) in [6.45, 7) is 1.89. The third-order valence-corrected chi connectivity index (χ3v) is 4.21. The first-order valence-corrected chi connectivity index (χ1v) is 7.91. The van der Waals surface area contributed by atoms with Crippen molar-refractivity contribution in [3.63, 3.8) is 0 Å². The van der Waals surface area contributed by atoms with Gasteiger partial charge in [0.15, 0.2) is 0 Å². The molecule has 1 amide bonds. The van der Waals surface area contributed by atoms with Gasteiger partial charge < -0.3 is 10.1 Å². The maximum atomic E-state index is 13.7. The lowest BCUT2D eigenvalue weighted by molar-refractivity contribution is -0.121. The van der Waals surface area contributed by atoms with Gasteiger partial charge in [0.25, 0.3) is 0 Å². The van der Waals surface area contributed by atoms with E-state index in [1.54, 1.807) is 13.0 Å². The SMILES string of the molecule is Cc1ccc(NC(=O)COCc2nc3ccccc3s2)c(F)c1. The first kappa shape index (κ1) is 15.6. The molecule has 0 saturated carbocycles. The van der Waals surface area contributed by atoms with Gasteiger partial charge in [-0.2, -0.15) is 0 Å². The van der Waals surface area contributed by atoms with Crippen LogP contribution in [0, 0.1) is 12.7 Å². The third kappa shape index (κ3) is 3.91. The minimum atomic E-state index is -0.454. The Morgan fingerprint density at radius 2 is 2.13 bits per heavy atom. The minimum Gasteiger partial charge on any atom is -0.364 e. The highest BCUT2D eigenvalue weighted by molar-refractivity contribution is 7.18. The smallest absolute Gasteiger partial charge is 0.250 e. The van der Waals surface area contributed by atoms with Crippen LogP contribution in [0.15, 0.2) is 42.5 Å². The highest BCUT2D eigenvalue weighted by Gasteiger charge is 2.08. The number of para-hydroxylation sites is 1. The molecule has 0 spiro atoms. The third-order valence-electron chi connectivity index (χ3n) is 3.20. The van der Waals surface area contributed by atoms with Gasteiger partial charge in [0.05, 0.1) is 22.5 Å². The molecule has 118 valence electrons. The highest BCUT2D eigenvalue weighted by atomic mass is 32.1. The van der Waals surface area contributed by atoms with Gasteiger partial charge in [-0.15, -0.1) is 11.3 Å². The van der Waals surface area contributed by atoms with Crippen molar-refractivity contribution in [3.05, 3.63) is 58.9 Å². The monoisotopic (exact) mass is 330 g/mol. The first-order valence-electron chi connectivity index (χ1n) is 7.10. The molecule has 3 rings (SSSR count).